The van der Waals surface area contributed by atoms with Gasteiger partial charge in [0.1, 0.15) is 0 Å². The van der Waals surface area contributed by atoms with Crippen LogP contribution in [0.2, 0.25) is 0 Å². The lowest BCUT2D eigenvalue weighted by Gasteiger charge is -2.20. The molecule has 0 N–H and O–H groups in total. The van der Waals surface area contributed by atoms with Crippen molar-refractivity contribution in [1.29, 1.82) is 0 Å². The third-order valence-electron chi connectivity index (χ3n) is 3.45. The molecule has 0 radical (unpaired) electrons. The minimum absolute atomic E-state index is 0.641. The molecule has 0 fully saturated rings. The van der Waals surface area contributed by atoms with Crippen LogP contribution in [0.15, 0.2) is 29.2 Å². The molecule has 0 aromatic heterocycles. The van der Waals surface area contributed by atoms with Gasteiger partial charge in [-0.05, 0) is 30.4 Å². The lowest BCUT2D eigenvalue weighted by atomic mass is 9.95. The lowest BCUT2D eigenvalue weighted by Crippen LogP contribution is -2.16. The molecule has 0 spiro atoms. The van der Waals surface area contributed by atoms with Crippen molar-refractivity contribution in [2.24, 2.45) is 5.92 Å². The minimum atomic E-state index is 0.641. The van der Waals surface area contributed by atoms with E-state index in [4.69, 9.17) is 0 Å². The molecule has 0 nitrogen and oxygen atoms in total. The molecule has 2 heteroatoms. The van der Waals surface area contributed by atoms with Gasteiger partial charge in [-0.15, -0.1) is 11.8 Å². The molecule has 0 aliphatic carbocycles. The fraction of sp³-hybridized carbons (Fsp3) is 0.571. The zero-order valence-corrected chi connectivity index (χ0v) is 12.4. The Hall–Kier alpha value is 0.0500. The highest BCUT2D eigenvalue weighted by Gasteiger charge is 2.25. The second-order valence-electron chi connectivity index (χ2n) is 4.63. The average molecular weight is 299 g/mol. The molecule has 1 aliphatic rings. The van der Waals surface area contributed by atoms with Gasteiger partial charge in [-0.25, -0.2) is 0 Å². The highest BCUT2D eigenvalue weighted by atomic mass is 79.9. The van der Waals surface area contributed by atoms with E-state index < -0.39 is 0 Å². The maximum atomic E-state index is 3.73. The van der Waals surface area contributed by atoms with E-state index in [2.05, 4.69) is 65.8 Å². The summed E-state index contributed by atoms with van der Waals surface area (Å²) in [6.07, 6.45) is 3.87. The molecular formula is C14H19BrS. The smallest absolute Gasteiger partial charge is 0.0146 e. The van der Waals surface area contributed by atoms with Crippen LogP contribution in [0.3, 0.4) is 0 Å². The summed E-state index contributed by atoms with van der Waals surface area (Å²) in [7, 11) is 0. The van der Waals surface area contributed by atoms with E-state index >= 15 is 0 Å². The summed E-state index contributed by atoms with van der Waals surface area (Å²) in [6, 6.07) is 8.85. The van der Waals surface area contributed by atoms with Crippen molar-refractivity contribution in [3.05, 3.63) is 29.8 Å². The average Bonchev–Trinajstić information content (AvgIpc) is 2.67. The third-order valence-corrected chi connectivity index (χ3v) is 5.55. The first-order valence-corrected chi connectivity index (χ1v) is 7.89. The molecule has 0 saturated heterocycles. The second kappa shape index (κ2) is 5.59. The number of halogens is 1. The maximum absolute atomic E-state index is 3.73. The Morgan fingerprint density at radius 1 is 1.44 bits per heavy atom. The molecule has 88 valence electrons. The van der Waals surface area contributed by atoms with Crippen molar-refractivity contribution in [3.8, 4) is 0 Å². The summed E-state index contributed by atoms with van der Waals surface area (Å²) in [5.41, 5.74) is 1.55. The van der Waals surface area contributed by atoms with Crippen LogP contribution in [-0.2, 0) is 6.42 Å². The van der Waals surface area contributed by atoms with Crippen molar-refractivity contribution in [3.63, 3.8) is 0 Å². The Labute approximate surface area is 111 Å². The van der Waals surface area contributed by atoms with Gasteiger partial charge in [-0.2, -0.15) is 0 Å². The first-order chi connectivity index (χ1) is 7.70. The van der Waals surface area contributed by atoms with Crippen LogP contribution in [0.5, 0.6) is 0 Å². The fourth-order valence-corrected chi connectivity index (χ4v) is 4.42. The zero-order valence-electron chi connectivity index (χ0n) is 9.95. The fourth-order valence-electron chi connectivity index (χ4n) is 2.40. The summed E-state index contributed by atoms with van der Waals surface area (Å²) in [5.74, 6) is 0.812. The van der Waals surface area contributed by atoms with Gasteiger partial charge >= 0.3 is 0 Å². The van der Waals surface area contributed by atoms with E-state index in [-0.39, 0.29) is 0 Å². The quantitative estimate of drug-likeness (QED) is 0.712. The predicted molar refractivity (Wildman–Crippen MR) is 76.6 cm³/mol. The van der Waals surface area contributed by atoms with E-state index in [1.807, 2.05) is 0 Å². The van der Waals surface area contributed by atoms with E-state index in [0.29, 0.717) is 4.83 Å². The molecule has 1 aromatic carbocycles. The van der Waals surface area contributed by atoms with Crippen LogP contribution in [0.1, 0.15) is 32.3 Å². The molecule has 1 aromatic rings. The SMILES string of the molecule is CCC(CC1Cc2ccccc2S1)C(C)Br. The molecule has 3 unspecified atom stereocenters. The number of rotatable bonds is 4. The molecule has 3 atom stereocenters. The topological polar surface area (TPSA) is 0 Å². The maximum Gasteiger partial charge on any atom is 0.0146 e. The Morgan fingerprint density at radius 2 is 2.19 bits per heavy atom. The van der Waals surface area contributed by atoms with Crippen LogP contribution in [-0.4, -0.2) is 10.1 Å². The Bertz CT molecular complexity index is 323. The van der Waals surface area contributed by atoms with Crippen LogP contribution < -0.4 is 0 Å². The van der Waals surface area contributed by atoms with E-state index in [1.54, 1.807) is 5.56 Å². The number of benzene rings is 1. The molecule has 2 rings (SSSR count). The van der Waals surface area contributed by atoms with Gasteiger partial charge in [0.05, 0.1) is 0 Å². The first-order valence-electron chi connectivity index (χ1n) is 6.09. The van der Waals surface area contributed by atoms with E-state index in [1.165, 1.54) is 24.2 Å². The van der Waals surface area contributed by atoms with Crippen molar-refractivity contribution in [2.45, 2.75) is 48.1 Å². The summed E-state index contributed by atoms with van der Waals surface area (Å²) in [4.78, 5) is 2.14. The van der Waals surface area contributed by atoms with Gasteiger partial charge in [-0.3, -0.25) is 0 Å². The summed E-state index contributed by atoms with van der Waals surface area (Å²) in [6.45, 7) is 4.58. The highest BCUT2D eigenvalue weighted by Crippen LogP contribution is 2.40. The Morgan fingerprint density at radius 3 is 2.81 bits per heavy atom. The van der Waals surface area contributed by atoms with Crippen LogP contribution in [0.25, 0.3) is 0 Å². The van der Waals surface area contributed by atoms with Crippen molar-refractivity contribution in [1.82, 2.24) is 0 Å². The van der Waals surface area contributed by atoms with Crippen LogP contribution >= 0.6 is 27.7 Å². The van der Waals surface area contributed by atoms with Gasteiger partial charge in [0, 0.05) is 15.0 Å². The number of hydrogen-bond donors (Lipinski definition) is 0. The number of hydrogen-bond acceptors (Lipinski definition) is 1. The molecule has 0 bridgehead atoms. The van der Waals surface area contributed by atoms with Gasteiger partial charge < -0.3 is 0 Å². The van der Waals surface area contributed by atoms with Gasteiger partial charge in [0.25, 0.3) is 0 Å². The number of alkyl halides is 1. The minimum Gasteiger partial charge on any atom is -0.122 e. The number of thioether (sulfide) groups is 1. The standard InChI is InChI=1S/C14H19BrS/c1-3-11(10(2)15)8-13-9-12-6-4-5-7-14(12)16-13/h4-7,10-11,13H,3,8-9H2,1-2H3. The molecule has 1 aliphatic heterocycles. The first kappa shape index (κ1) is 12.5. The van der Waals surface area contributed by atoms with Crippen molar-refractivity contribution in [2.75, 3.05) is 0 Å². The molecular weight excluding hydrogens is 280 g/mol. The largest absolute Gasteiger partial charge is 0.122 e. The van der Waals surface area contributed by atoms with Crippen molar-refractivity contribution < 1.29 is 0 Å². The Balaban J connectivity index is 1.96. The summed E-state index contributed by atoms with van der Waals surface area (Å²) < 4.78 is 0. The lowest BCUT2D eigenvalue weighted by molar-refractivity contribution is 0.464. The molecule has 0 amide bonds. The third kappa shape index (κ3) is 2.84. The normalized spacial score (nSPS) is 22.8. The second-order valence-corrected chi connectivity index (χ2v) is 7.42. The van der Waals surface area contributed by atoms with E-state index in [0.717, 1.165) is 11.2 Å². The monoisotopic (exact) mass is 298 g/mol. The Kier molecular flexibility index (Phi) is 4.37. The van der Waals surface area contributed by atoms with E-state index in [9.17, 15) is 0 Å². The predicted octanol–water partition coefficient (Wildman–Crippen LogP) is 4.90. The van der Waals surface area contributed by atoms with Gasteiger partial charge in [0.2, 0.25) is 0 Å². The van der Waals surface area contributed by atoms with Gasteiger partial charge in [-0.1, -0.05) is 54.4 Å². The summed E-state index contributed by atoms with van der Waals surface area (Å²) >= 11 is 5.81. The molecule has 16 heavy (non-hydrogen) atoms. The zero-order chi connectivity index (χ0) is 11.5. The molecule has 1 heterocycles. The molecule has 0 saturated carbocycles. The summed E-state index contributed by atoms with van der Waals surface area (Å²) in [5, 5.41) is 0.794. The highest BCUT2D eigenvalue weighted by molar-refractivity contribution is 9.09. The van der Waals surface area contributed by atoms with Crippen molar-refractivity contribution >= 4 is 27.7 Å². The number of fused-ring (bicyclic) bond motifs is 1. The van der Waals surface area contributed by atoms with Gasteiger partial charge in [0.15, 0.2) is 0 Å². The van der Waals surface area contributed by atoms with Crippen LogP contribution in [0, 0.1) is 5.92 Å². The van der Waals surface area contributed by atoms with Crippen LogP contribution in [0.4, 0.5) is 0 Å².